The minimum absolute atomic E-state index is 0.0506. The van der Waals surface area contributed by atoms with Gasteiger partial charge in [-0.3, -0.25) is 0 Å². The van der Waals surface area contributed by atoms with E-state index in [1.807, 2.05) is 26.0 Å². The zero-order valence-electron chi connectivity index (χ0n) is 18.1. The smallest absolute Gasteiger partial charge is 0.326 e. The van der Waals surface area contributed by atoms with Crippen LogP contribution in [0.1, 0.15) is 11.5 Å². The Morgan fingerprint density at radius 1 is 1.03 bits per heavy atom. The van der Waals surface area contributed by atoms with Gasteiger partial charge in [-0.15, -0.1) is 0 Å². The number of piperazine rings is 1. The topological polar surface area (TPSA) is 95.3 Å². The molecular formula is C22H24FN7O2. The lowest BCUT2D eigenvalue weighted by Crippen LogP contribution is -2.44. The van der Waals surface area contributed by atoms with Crippen molar-refractivity contribution in [2.75, 3.05) is 43.4 Å². The highest BCUT2D eigenvalue weighted by atomic mass is 19.1. The van der Waals surface area contributed by atoms with Gasteiger partial charge in [0.05, 0.1) is 0 Å². The summed E-state index contributed by atoms with van der Waals surface area (Å²) in [4.78, 5) is 16.5. The highest BCUT2D eigenvalue weighted by molar-refractivity contribution is 5.82. The van der Waals surface area contributed by atoms with E-state index >= 15 is 0 Å². The van der Waals surface area contributed by atoms with E-state index in [0.717, 1.165) is 37.3 Å². The Hall–Kier alpha value is -3.66. The van der Waals surface area contributed by atoms with E-state index in [1.165, 1.54) is 6.07 Å². The van der Waals surface area contributed by atoms with Crippen molar-refractivity contribution in [3.63, 3.8) is 0 Å². The zero-order valence-corrected chi connectivity index (χ0v) is 18.1. The normalized spacial score (nSPS) is 14.8. The van der Waals surface area contributed by atoms with Crippen molar-refractivity contribution in [2.45, 2.75) is 13.8 Å². The summed E-state index contributed by atoms with van der Waals surface area (Å²) in [6.07, 6.45) is 0. The van der Waals surface area contributed by atoms with Crippen molar-refractivity contribution < 1.29 is 13.7 Å². The molecule has 0 unspecified atom stereocenters. The van der Waals surface area contributed by atoms with Crippen LogP contribution in [0.2, 0.25) is 0 Å². The minimum atomic E-state index is -0.491. The Morgan fingerprint density at radius 2 is 1.84 bits per heavy atom. The summed E-state index contributed by atoms with van der Waals surface area (Å²) in [5.74, 6) is 1.95. The molecule has 1 aliphatic heterocycles. The second kappa shape index (κ2) is 8.12. The monoisotopic (exact) mass is 437 g/mol. The molecule has 0 aliphatic carbocycles. The van der Waals surface area contributed by atoms with Crippen molar-refractivity contribution in [2.24, 2.45) is 0 Å². The quantitative estimate of drug-likeness (QED) is 0.484. The third-order valence-corrected chi connectivity index (χ3v) is 5.41. The summed E-state index contributed by atoms with van der Waals surface area (Å²) in [6.45, 7) is 7.21. The average molecular weight is 437 g/mol. The van der Waals surface area contributed by atoms with E-state index in [2.05, 4.69) is 42.3 Å². The molecule has 32 heavy (non-hydrogen) atoms. The Morgan fingerprint density at radius 3 is 2.59 bits per heavy atom. The number of rotatable bonds is 5. The summed E-state index contributed by atoms with van der Waals surface area (Å²) in [7, 11) is 2.09. The fraction of sp³-hybridized carbons (Fsp3) is 0.318. The number of aromatic nitrogens is 4. The maximum Gasteiger partial charge on any atom is 0.326 e. The summed E-state index contributed by atoms with van der Waals surface area (Å²) in [5, 5.41) is 7.92. The van der Waals surface area contributed by atoms with Crippen LogP contribution < -0.4 is 15.0 Å². The number of ether oxygens (including phenoxy) is 1. The third-order valence-electron chi connectivity index (χ3n) is 5.41. The van der Waals surface area contributed by atoms with Gasteiger partial charge < -0.3 is 29.4 Å². The lowest BCUT2D eigenvalue weighted by atomic mass is 10.2. The van der Waals surface area contributed by atoms with E-state index in [0.29, 0.717) is 28.7 Å². The molecule has 1 aromatic carbocycles. The van der Waals surface area contributed by atoms with Crippen molar-refractivity contribution in [3.8, 4) is 11.8 Å². The Kier molecular flexibility index (Phi) is 5.14. The summed E-state index contributed by atoms with van der Waals surface area (Å²) in [6, 6.07) is 8.64. The Balaban J connectivity index is 1.49. The minimum Gasteiger partial charge on any atom is -0.421 e. The van der Waals surface area contributed by atoms with Gasteiger partial charge >= 0.3 is 6.01 Å². The Bertz CT molecular complexity index is 1260. The van der Waals surface area contributed by atoms with Crippen LogP contribution in [-0.4, -0.2) is 58.2 Å². The number of halogens is 1. The number of hydrogen-bond acceptors (Lipinski definition) is 8. The molecule has 4 heterocycles. The molecule has 0 atom stereocenters. The standard InChI is InChI=1S/C22H24FN7O2/c1-13-8-15-10-18(16(23)11-17(15)24-13)31-22-26-19(25-20-9-14(2)32-28-20)12-21(27-22)30-6-4-29(3)5-7-30/h8-12,24H,4-7H2,1-3H3,(H,25,26,27,28). The third kappa shape index (κ3) is 4.22. The molecule has 10 heteroatoms. The van der Waals surface area contributed by atoms with Gasteiger partial charge in [0.1, 0.15) is 17.4 Å². The first-order valence-electron chi connectivity index (χ1n) is 10.4. The van der Waals surface area contributed by atoms with Crippen LogP contribution in [0.3, 0.4) is 0 Å². The number of nitrogens with zero attached hydrogens (tertiary/aromatic N) is 5. The largest absolute Gasteiger partial charge is 0.421 e. The molecule has 4 aromatic rings. The van der Waals surface area contributed by atoms with E-state index in [9.17, 15) is 4.39 Å². The first kappa shape index (κ1) is 20.3. The molecule has 0 bridgehead atoms. The van der Waals surface area contributed by atoms with Gasteiger partial charge in [-0.1, -0.05) is 5.16 Å². The van der Waals surface area contributed by atoms with E-state index in [1.54, 1.807) is 12.1 Å². The van der Waals surface area contributed by atoms with Gasteiger partial charge in [-0.2, -0.15) is 9.97 Å². The fourth-order valence-electron chi connectivity index (χ4n) is 3.73. The van der Waals surface area contributed by atoms with Gasteiger partial charge in [0.2, 0.25) is 0 Å². The van der Waals surface area contributed by atoms with Crippen LogP contribution in [0.5, 0.6) is 11.8 Å². The predicted molar refractivity (Wildman–Crippen MR) is 119 cm³/mol. The van der Waals surface area contributed by atoms with Crippen LogP contribution in [0.4, 0.5) is 21.8 Å². The Labute approximate surface area is 184 Å². The molecule has 0 amide bonds. The molecule has 0 saturated carbocycles. The predicted octanol–water partition coefficient (Wildman–Crippen LogP) is 3.99. The summed E-state index contributed by atoms with van der Waals surface area (Å²) < 4.78 is 25.7. The fourth-order valence-corrected chi connectivity index (χ4v) is 3.73. The lowest BCUT2D eigenvalue weighted by Gasteiger charge is -2.33. The van der Waals surface area contributed by atoms with Gasteiger partial charge in [-0.05, 0) is 33.0 Å². The van der Waals surface area contributed by atoms with E-state index < -0.39 is 5.82 Å². The number of aryl methyl sites for hydroxylation is 2. The molecule has 2 N–H and O–H groups in total. The molecular weight excluding hydrogens is 413 g/mol. The number of hydrogen-bond donors (Lipinski definition) is 2. The zero-order chi connectivity index (χ0) is 22.2. The lowest BCUT2D eigenvalue weighted by molar-refractivity contribution is 0.311. The second-order valence-corrected chi connectivity index (χ2v) is 8.06. The first-order valence-corrected chi connectivity index (χ1v) is 10.4. The average Bonchev–Trinajstić information content (AvgIpc) is 3.32. The molecule has 1 aliphatic rings. The summed E-state index contributed by atoms with van der Waals surface area (Å²) >= 11 is 0. The van der Waals surface area contributed by atoms with Gasteiger partial charge in [0.15, 0.2) is 17.4 Å². The highest BCUT2D eigenvalue weighted by Gasteiger charge is 2.19. The SMILES string of the molecule is Cc1cc2cc(Oc3nc(Nc4cc(C)on4)cc(N4CCN(C)CC4)n3)c(F)cc2[nH]1. The molecule has 0 radical (unpaired) electrons. The van der Waals surface area contributed by atoms with Crippen molar-refractivity contribution in [1.29, 1.82) is 0 Å². The molecule has 3 aromatic heterocycles. The van der Waals surface area contributed by atoms with Crippen LogP contribution in [0, 0.1) is 19.7 Å². The molecule has 0 spiro atoms. The van der Waals surface area contributed by atoms with Gasteiger partial charge in [-0.25, -0.2) is 4.39 Å². The summed E-state index contributed by atoms with van der Waals surface area (Å²) in [5.41, 5.74) is 1.66. The number of nitrogens with one attached hydrogen (secondary N) is 2. The molecule has 1 saturated heterocycles. The van der Waals surface area contributed by atoms with Crippen LogP contribution in [0.15, 0.2) is 34.9 Å². The van der Waals surface area contributed by atoms with Crippen molar-refractivity contribution in [3.05, 3.63) is 47.6 Å². The number of likely N-dealkylation sites (N-methyl/N-ethyl adjacent to an activating group) is 1. The van der Waals surface area contributed by atoms with E-state index in [-0.39, 0.29) is 11.8 Å². The van der Waals surface area contributed by atoms with E-state index in [4.69, 9.17) is 9.26 Å². The molecule has 1 fully saturated rings. The van der Waals surface area contributed by atoms with Crippen molar-refractivity contribution >= 4 is 28.4 Å². The number of anilines is 3. The maximum atomic E-state index is 14.7. The number of fused-ring (bicyclic) bond motifs is 1. The molecule has 5 rings (SSSR count). The number of H-pyrrole nitrogens is 1. The maximum absolute atomic E-state index is 14.7. The second-order valence-electron chi connectivity index (χ2n) is 8.06. The molecule has 166 valence electrons. The van der Waals surface area contributed by atoms with Gasteiger partial charge in [0.25, 0.3) is 0 Å². The number of aromatic amines is 1. The van der Waals surface area contributed by atoms with Crippen LogP contribution in [-0.2, 0) is 0 Å². The first-order chi connectivity index (χ1) is 15.4. The van der Waals surface area contributed by atoms with Crippen molar-refractivity contribution in [1.82, 2.24) is 25.0 Å². The van der Waals surface area contributed by atoms with Gasteiger partial charge in [0, 0.05) is 61.0 Å². The number of benzene rings is 1. The highest BCUT2D eigenvalue weighted by Crippen LogP contribution is 2.30. The van der Waals surface area contributed by atoms with Crippen LogP contribution >= 0.6 is 0 Å². The van der Waals surface area contributed by atoms with Crippen LogP contribution in [0.25, 0.3) is 10.9 Å². The molecule has 9 nitrogen and oxygen atoms in total.